The lowest BCUT2D eigenvalue weighted by Crippen LogP contribution is -2.57. The number of nitrogens with one attached hydrogen (secondary N) is 1. The van der Waals surface area contributed by atoms with E-state index >= 15 is 0 Å². The van der Waals surface area contributed by atoms with E-state index in [1.165, 1.54) is 25.7 Å². The van der Waals surface area contributed by atoms with Crippen molar-refractivity contribution in [2.24, 2.45) is 11.3 Å². The van der Waals surface area contributed by atoms with E-state index < -0.39 is 0 Å². The number of carbonyl (C=O) groups excluding carboxylic acids is 2. The van der Waals surface area contributed by atoms with Gasteiger partial charge in [0.15, 0.2) is 0 Å². The van der Waals surface area contributed by atoms with Crippen LogP contribution in [0.15, 0.2) is 0 Å². The van der Waals surface area contributed by atoms with Gasteiger partial charge in [-0.25, -0.2) is 0 Å². The summed E-state index contributed by atoms with van der Waals surface area (Å²) in [5.74, 6) is 1.18. The molecule has 1 unspecified atom stereocenters. The Balaban J connectivity index is 1.30. The zero-order valence-corrected chi connectivity index (χ0v) is 16.9. The molecule has 3 heterocycles. The van der Waals surface area contributed by atoms with Gasteiger partial charge in [0.25, 0.3) is 0 Å². The van der Waals surface area contributed by atoms with Gasteiger partial charge in [-0.1, -0.05) is 12.8 Å². The van der Waals surface area contributed by atoms with Gasteiger partial charge in [0.2, 0.25) is 11.8 Å². The summed E-state index contributed by atoms with van der Waals surface area (Å²) in [6.07, 6.45) is 8.21. The van der Waals surface area contributed by atoms with Gasteiger partial charge >= 0.3 is 0 Å². The topological polar surface area (TPSA) is 55.9 Å². The summed E-state index contributed by atoms with van der Waals surface area (Å²) in [7, 11) is 0. The second-order valence-electron chi connectivity index (χ2n) is 9.23. The molecule has 4 fully saturated rings. The fourth-order valence-electron chi connectivity index (χ4n) is 5.84. The molecular weight excluding hydrogens is 340 g/mol. The Labute approximate surface area is 163 Å². The number of hydrogen-bond donors (Lipinski definition) is 1. The van der Waals surface area contributed by atoms with Crippen LogP contribution < -0.4 is 5.32 Å². The maximum absolute atomic E-state index is 13.4. The lowest BCUT2D eigenvalue weighted by Gasteiger charge is -2.44. The van der Waals surface area contributed by atoms with Crippen molar-refractivity contribution < 1.29 is 9.59 Å². The summed E-state index contributed by atoms with van der Waals surface area (Å²) in [5, 5.41) is 3.49. The molecule has 3 saturated heterocycles. The highest BCUT2D eigenvalue weighted by Gasteiger charge is 2.51. The highest BCUT2D eigenvalue weighted by atomic mass is 16.2. The summed E-state index contributed by atoms with van der Waals surface area (Å²) in [4.78, 5) is 32.5. The molecule has 0 aromatic rings. The third-order valence-electron chi connectivity index (χ3n) is 7.61. The van der Waals surface area contributed by atoms with E-state index in [9.17, 15) is 9.59 Å². The Morgan fingerprint density at radius 2 is 1.78 bits per heavy atom. The van der Waals surface area contributed by atoms with E-state index in [0.29, 0.717) is 24.4 Å². The predicted molar refractivity (Wildman–Crippen MR) is 105 cm³/mol. The lowest BCUT2D eigenvalue weighted by atomic mass is 9.67. The Hall–Kier alpha value is -1.14. The molecule has 1 saturated carbocycles. The van der Waals surface area contributed by atoms with Crippen molar-refractivity contribution in [2.45, 2.75) is 57.9 Å². The van der Waals surface area contributed by atoms with Crippen LogP contribution in [0.4, 0.5) is 0 Å². The van der Waals surface area contributed by atoms with Gasteiger partial charge < -0.3 is 15.1 Å². The van der Waals surface area contributed by atoms with E-state index in [2.05, 4.69) is 26.9 Å². The van der Waals surface area contributed by atoms with E-state index in [0.717, 1.165) is 65.1 Å². The first-order valence-electron chi connectivity index (χ1n) is 11.1. The van der Waals surface area contributed by atoms with E-state index in [4.69, 9.17) is 0 Å². The van der Waals surface area contributed by atoms with Crippen molar-refractivity contribution in [1.82, 2.24) is 20.0 Å². The maximum Gasteiger partial charge on any atom is 0.236 e. The summed E-state index contributed by atoms with van der Waals surface area (Å²) in [5.41, 5.74) is -0.139. The monoisotopic (exact) mass is 376 g/mol. The first-order valence-corrected chi connectivity index (χ1v) is 11.1. The molecule has 2 amide bonds. The molecule has 6 nitrogen and oxygen atoms in total. The number of piperazine rings is 1. The number of amides is 2. The van der Waals surface area contributed by atoms with Gasteiger partial charge in [0, 0.05) is 45.3 Å². The Morgan fingerprint density at radius 1 is 1.00 bits per heavy atom. The van der Waals surface area contributed by atoms with Gasteiger partial charge in [0.1, 0.15) is 0 Å². The van der Waals surface area contributed by atoms with Crippen LogP contribution in [0.5, 0.6) is 0 Å². The molecule has 0 radical (unpaired) electrons. The molecule has 1 N–H and O–H groups in total. The Morgan fingerprint density at radius 3 is 2.56 bits per heavy atom. The van der Waals surface area contributed by atoms with Crippen molar-refractivity contribution in [3.05, 3.63) is 0 Å². The standard InChI is InChI=1S/C21H36N4O2/c1-17-6-3-5-9-25(17)19(26)15-23-10-12-24(13-11-23)20(27)21-8-4-2-7-18(21)14-22-16-21/h17-18,22H,2-16H2,1H3/t17?,18-,21+/m0/s1. The average Bonchev–Trinajstić information content (AvgIpc) is 3.13. The molecule has 3 atom stereocenters. The number of fused-ring (bicyclic) bond motifs is 1. The summed E-state index contributed by atoms with van der Waals surface area (Å²) in [6, 6.07) is 0.381. The van der Waals surface area contributed by atoms with Crippen molar-refractivity contribution >= 4 is 11.8 Å². The largest absolute Gasteiger partial charge is 0.340 e. The number of likely N-dealkylation sites (tertiary alicyclic amines) is 1. The molecule has 6 heteroatoms. The third kappa shape index (κ3) is 3.75. The highest BCUT2D eigenvalue weighted by Crippen LogP contribution is 2.45. The second-order valence-corrected chi connectivity index (χ2v) is 9.23. The van der Waals surface area contributed by atoms with Crippen LogP contribution in [-0.4, -0.2) is 84.9 Å². The number of hydrogen-bond acceptors (Lipinski definition) is 4. The van der Waals surface area contributed by atoms with Gasteiger partial charge in [-0.05, 0) is 51.5 Å². The van der Waals surface area contributed by atoms with Crippen molar-refractivity contribution in [2.75, 3.05) is 52.4 Å². The van der Waals surface area contributed by atoms with Crippen molar-refractivity contribution in [3.8, 4) is 0 Å². The third-order valence-corrected chi connectivity index (χ3v) is 7.61. The van der Waals surface area contributed by atoms with Gasteiger partial charge in [-0.15, -0.1) is 0 Å². The average molecular weight is 377 g/mol. The minimum atomic E-state index is -0.139. The number of carbonyl (C=O) groups is 2. The zero-order valence-electron chi connectivity index (χ0n) is 16.9. The number of piperidine rings is 1. The minimum absolute atomic E-state index is 0.139. The quantitative estimate of drug-likeness (QED) is 0.807. The maximum atomic E-state index is 13.4. The highest BCUT2D eigenvalue weighted by molar-refractivity contribution is 5.84. The Bertz CT molecular complexity index is 560. The molecule has 0 aromatic heterocycles. The smallest absolute Gasteiger partial charge is 0.236 e. The molecule has 4 aliphatic rings. The van der Waals surface area contributed by atoms with Crippen LogP contribution in [0.3, 0.4) is 0 Å². The molecule has 27 heavy (non-hydrogen) atoms. The van der Waals surface area contributed by atoms with E-state index in [1.807, 2.05) is 0 Å². The molecule has 0 spiro atoms. The summed E-state index contributed by atoms with van der Waals surface area (Å²) < 4.78 is 0. The molecular formula is C21H36N4O2. The summed E-state index contributed by atoms with van der Waals surface area (Å²) in [6.45, 7) is 8.67. The normalized spacial score (nSPS) is 35.1. The summed E-state index contributed by atoms with van der Waals surface area (Å²) >= 11 is 0. The zero-order chi connectivity index (χ0) is 18.9. The van der Waals surface area contributed by atoms with Gasteiger partial charge in [0.05, 0.1) is 12.0 Å². The van der Waals surface area contributed by atoms with E-state index in [1.54, 1.807) is 0 Å². The van der Waals surface area contributed by atoms with Crippen LogP contribution in [0, 0.1) is 11.3 Å². The predicted octanol–water partition coefficient (Wildman–Crippen LogP) is 1.31. The number of rotatable bonds is 3. The molecule has 3 aliphatic heterocycles. The van der Waals surface area contributed by atoms with Crippen molar-refractivity contribution in [3.63, 3.8) is 0 Å². The molecule has 152 valence electrons. The lowest BCUT2D eigenvalue weighted by molar-refractivity contribution is -0.147. The van der Waals surface area contributed by atoms with Crippen LogP contribution in [-0.2, 0) is 9.59 Å². The minimum Gasteiger partial charge on any atom is -0.340 e. The van der Waals surface area contributed by atoms with Crippen LogP contribution in [0.25, 0.3) is 0 Å². The Kier molecular flexibility index (Phi) is 5.74. The first-order chi connectivity index (χ1) is 13.1. The van der Waals surface area contributed by atoms with Crippen LogP contribution >= 0.6 is 0 Å². The SMILES string of the molecule is CC1CCCCN1C(=O)CN1CCN(C(=O)[C@@]23CCCC[C@H]2CNC3)CC1. The molecule has 0 bridgehead atoms. The van der Waals surface area contributed by atoms with Crippen LogP contribution in [0.2, 0.25) is 0 Å². The fourth-order valence-corrected chi connectivity index (χ4v) is 5.84. The van der Waals surface area contributed by atoms with Gasteiger partial charge in [-0.3, -0.25) is 14.5 Å². The first kappa shape index (κ1) is 19.2. The van der Waals surface area contributed by atoms with Crippen molar-refractivity contribution in [1.29, 1.82) is 0 Å². The fraction of sp³-hybridized carbons (Fsp3) is 0.905. The number of nitrogens with zero attached hydrogens (tertiary/aromatic N) is 3. The van der Waals surface area contributed by atoms with Gasteiger partial charge in [-0.2, -0.15) is 0 Å². The molecule has 0 aromatic carbocycles. The van der Waals surface area contributed by atoms with Crippen LogP contribution in [0.1, 0.15) is 51.9 Å². The molecule has 1 aliphatic carbocycles. The second kappa shape index (κ2) is 8.08. The molecule has 4 rings (SSSR count). The van der Waals surface area contributed by atoms with E-state index in [-0.39, 0.29) is 11.3 Å².